The van der Waals surface area contributed by atoms with E-state index in [0.717, 1.165) is 32.4 Å². The molecule has 1 aliphatic heterocycles. The van der Waals surface area contributed by atoms with Crippen LogP contribution < -0.4 is 0 Å². The number of halogens is 3. The number of β-amino-alcohol motifs (C(OH)–C–C–N with tert-alkyl or cyclic N) is 1. The van der Waals surface area contributed by atoms with Crippen molar-refractivity contribution in [3.05, 3.63) is 0 Å². The molecule has 0 spiro atoms. The minimum Gasteiger partial charge on any atom is -0.390 e. The first-order chi connectivity index (χ1) is 10.7. The molecule has 1 saturated carbocycles. The molecule has 1 N–H and O–H groups in total. The molecular weight excluding hydrogens is 309 g/mol. The summed E-state index contributed by atoms with van der Waals surface area (Å²) in [4.78, 5) is 3.97. The summed E-state index contributed by atoms with van der Waals surface area (Å²) >= 11 is 0. The molecule has 2 fully saturated rings. The van der Waals surface area contributed by atoms with Crippen LogP contribution in [0.15, 0.2) is 0 Å². The fourth-order valence-corrected chi connectivity index (χ4v) is 3.51. The number of rotatable bonds is 7. The smallest absolute Gasteiger partial charge is 0.390 e. The van der Waals surface area contributed by atoms with Gasteiger partial charge in [0.1, 0.15) is 0 Å². The molecule has 2 rings (SSSR count). The van der Waals surface area contributed by atoms with E-state index in [0.29, 0.717) is 13.1 Å². The van der Waals surface area contributed by atoms with Gasteiger partial charge >= 0.3 is 6.18 Å². The van der Waals surface area contributed by atoms with Gasteiger partial charge in [-0.25, -0.2) is 0 Å². The van der Waals surface area contributed by atoms with Crippen LogP contribution in [0, 0.1) is 0 Å². The number of nitrogens with zero attached hydrogens (tertiary/aromatic N) is 2. The van der Waals surface area contributed by atoms with E-state index >= 15 is 0 Å². The van der Waals surface area contributed by atoms with Crippen LogP contribution in [0.5, 0.6) is 0 Å². The number of hydrogen-bond donors (Lipinski definition) is 1. The second-order valence-electron chi connectivity index (χ2n) is 7.07. The number of aliphatic hydroxyl groups excluding tert-OH is 1. The van der Waals surface area contributed by atoms with E-state index in [1.807, 2.05) is 18.7 Å². The van der Waals surface area contributed by atoms with Gasteiger partial charge in [-0.2, -0.15) is 13.2 Å². The summed E-state index contributed by atoms with van der Waals surface area (Å²) in [5, 5.41) is 10.3. The molecule has 1 saturated heterocycles. The third-order valence-corrected chi connectivity index (χ3v) is 4.68. The third kappa shape index (κ3) is 6.57. The molecule has 0 aromatic heterocycles. The second-order valence-corrected chi connectivity index (χ2v) is 7.07. The molecule has 0 aromatic rings. The Hall–Kier alpha value is -0.370. The zero-order valence-electron chi connectivity index (χ0n) is 14.1. The van der Waals surface area contributed by atoms with Gasteiger partial charge in [0.05, 0.1) is 24.7 Å². The molecule has 0 bridgehead atoms. The Balaban J connectivity index is 1.80. The van der Waals surface area contributed by atoms with Gasteiger partial charge in [0, 0.05) is 38.8 Å². The Labute approximate surface area is 136 Å². The van der Waals surface area contributed by atoms with Crippen molar-refractivity contribution in [3.63, 3.8) is 0 Å². The zero-order chi connectivity index (χ0) is 17.0. The Morgan fingerprint density at radius 1 is 1.22 bits per heavy atom. The fourth-order valence-electron chi connectivity index (χ4n) is 3.51. The Morgan fingerprint density at radius 3 is 2.30 bits per heavy atom. The summed E-state index contributed by atoms with van der Waals surface area (Å²) in [6.45, 7) is 6.31. The molecular formula is C16H29F3N2O2. The summed E-state index contributed by atoms with van der Waals surface area (Å²) in [5.74, 6) is 0. The van der Waals surface area contributed by atoms with Crippen LogP contribution in [0.3, 0.4) is 0 Å². The normalized spacial score (nSPS) is 28.8. The lowest BCUT2D eigenvalue weighted by atomic mass is 9.91. The first kappa shape index (κ1) is 19.0. The van der Waals surface area contributed by atoms with Crippen LogP contribution >= 0.6 is 0 Å². The lowest BCUT2D eigenvalue weighted by Gasteiger charge is -2.40. The standard InChI is InChI=1S/C16H29F3N2O2/c1-12-8-20(9-13(2)23-12)10-15(22)11-21(14-4-3-5-14)7-6-16(17,18)19/h12-15,22H,3-11H2,1-2H3. The summed E-state index contributed by atoms with van der Waals surface area (Å²) < 4.78 is 43.1. The monoisotopic (exact) mass is 338 g/mol. The van der Waals surface area contributed by atoms with Gasteiger partial charge in [-0.05, 0) is 26.7 Å². The highest BCUT2D eigenvalue weighted by Crippen LogP contribution is 2.27. The third-order valence-electron chi connectivity index (χ3n) is 4.68. The molecule has 3 unspecified atom stereocenters. The van der Waals surface area contributed by atoms with Crippen molar-refractivity contribution in [2.45, 2.75) is 70.1 Å². The lowest BCUT2D eigenvalue weighted by Crippen LogP contribution is -2.51. The van der Waals surface area contributed by atoms with Gasteiger partial charge in [0.2, 0.25) is 0 Å². The zero-order valence-corrected chi connectivity index (χ0v) is 14.1. The highest BCUT2D eigenvalue weighted by atomic mass is 19.4. The van der Waals surface area contributed by atoms with Gasteiger partial charge in [-0.3, -0.25) is 9.80 Å². The number of ether oxygens (including phenoxy) is 1. The molecule has 1 aliphatic carbocycles. The van der Waals surface area contributed by atoms with E-state index in [-0.39, 0.29) is 24.8 Å². The van der Waals surface area contributed by atoms with E-state index in [1.54, 1.807) is 0 Å². The van der Waals surface area contributed by atoms with Crippen LogP contribution in [0.2, 0.25) is 0 Å². The first-order valence-corrected chi connectivity index (χ1v) is 8.59. The summed E-state index contributed by atoms with van der Waals surface area (Å²) in [5.41, 5.74) is 0. The average Bonchev–Trinajstić information content (AvgIpc) is 2.31. The summed E-state index contributed by atoms with van der Waals surface area (Å²) in [6.07, 6.45) is -2.36. The van der Waals surface area contributed by atoms with Crippen LogP contribution in [0.1, 0.15) is 39.5 Å². The molecule has 23 heavy (non-hydrogen) atoms. The first-order valence-electron chi connectivity index (χ1n) is 8.59. The van der Waals surface area contributed by atoms with Gasteiger partial charge < -0.3 is 9.84 Å². The van der Waals surface area contributed by atoms with Gasteiger partial charge in [0.15, 0.2) is 0 Å². The lowest BCUT2D eigenvalue weighted by molar-refractivity contribution is -0.141. The number of morpholine rings is 1. The highest BCUT2D eigenvalue weighted by molar-refractivity contribution is 4.83. The van der Waals surface area contributed by atoms with Crippen molar-refractivity contribution < 1.29 is 23.0 Å². The van der Waals surface area contributed by atoms with E-state index < -0.39 is 18.7 Å². The van der Waals surface area contributed by atoms with Crippen LogP contribution in [0.25, 0.3) is 0 Å². The van der Waals surface area contributed by atoms with Crippen molar-refractivity contribution in [2.24, 2.45) is 0 Å². The van der Waals surface area contributed by atoms with Crippen molar-refractivity contribution in [1.29, 1.82) is 0 Å². The molecule has 3 atom stereocenters. The quantitative estimate of drug-likeness (QED) is 0.772. The summed E-state index contributed by atoms with van der Waals surface area (Å²) in [7, 11) is 0. The number of hydrogen-bond acceptors (Lipinski definition) is 4. The largest absolute Gasteiger partial charge is 0.390 e. The summed E-state index contributed by atoms with van der Waals surface area (Å²) in [6, 6.07) is 0.203. The highest BCUT2D eigenvalue weighted by Gasteiger charge is 2.33. The average molecular weight is 338 g/mol. The second kappa shape index (κ2) is 8.14. The molecule has 0 amide bonds. The number of aliphatic hydroxyl groups is 1. The van der Waals surface area contributed by atoms with Gasteiger partial charge in [-0.15, -0.1) is 0 Å². The van der Waals surface area contributed by atoms with Crippen LogP contribution in [-0.4, -0.2) is 78.2 Å². The van der Waals surface area contributed by atoms with Crippen molar-refractivity contribution >= 4 is 0 Å². The van der Waals surface area contributed by atoms with E-state index in [1.165, 1.54) is 0 Å². The maximum atomic E-state index is 12.5. The SMILES string of the molecule is CC1CN(CC(O)CN(CCC(F)(F)F)C2CCC2)CC(C)O1. The number of alkyl halides is 3. The van der Waals surface area contributed by atoms with Crippen molar-refractivity contribution in [3.8, 4) is 0 Å². The van der Waals surface area contributed by atoms with E-state index in [9.17, 15) is 18.3 Å². The van der Waals surface area contributed by atoms with E-state index in [2.05, 4.69) is 4.90 Å². The van der Waals surface area contributed by atoms with Crippen LogP contribution in [-0.2, 0) is 4.74 Å². The van der Waals surface area contributed by atoms with Crippen molar-refractivity contribution in [2.75, 3.05) is 32.7 Å². The minimum atomic E-state index is -4.14. The maximum absolute atomic E-state index is 12.5. The Bertz CT molecular complexity index is 354. The minimum absolute atomic E-state index is 0.0128. The van der Waals surface area contributed by atoms with Crippen LogP contribution in [0.4, 0.5) is 13.2 Å². The molecule has 2 aliphatic rings. The molecule has 4 nitrogen and oxygen atoms in total. The molecule has 0 aromatic carbocycles. The van der Waals surface area contributed by atoms with E-state index in [4.69, 9.17) is 4.74 Å². The predicted octanol–water partition coefficient (Wildman–Crippen LogP) is 2.26. The van der Waals surface area contributed by atoms with Crippen molar-refractivity contribution in [1.82, 2.24) is 9.80 Å². The van der Waals surface area contributed by atoms with Gasteiger partial charge in [-0.1, -0.05) is 6.42 Å². The Morgan fingerprint density at radius 2 is 1.83 bits per heavy atom. The maximum Gasteiger partial charge on any atom is 0.390 e. The Kier molecular flexibility index (Phi) is 6.71. The predicted molar refractivity (Wildman–Crippen MR) is 82.3 cm³/mol. The fraction of sp³-hybridized carbons (Fsp3) is 1.00. The van der Waals surface area contributed by atoms with Gasteiger partial charge in [0.25, 0.3) is 0 Å². The molecule has 0 radical (unpaired) electrons. The molecule has 136 valence electrons. The molecule has 1 heterocycles. The molecule has 7 heteroatoms. The topological polar surface area (TPSA) is 35.9 Å².